The number of anilines is 1. The lowest BCUT2D eigenvalue weighted by Crippen LogP contribution is -2.16. The molecule has 136 valence electrons. The fourth-order valence-corrected chi connectivity index (χ4v) is 2.07. The van der Waals surface area contributed by atoms with E-state index in [0.717, 1.165) is 6.07 Å². The van der Waals surface area contributed by atoms with E-state index in [2.05, 4.69) is 5.32 Å². The van der Waals surface area contributed by atoms with E-state index in [-0.39, 0.29) is 43.6 Å². The van der Waals surface area contributed by atoms with Gasteiger partial charge in [-0.3, -0.25) is 0 Å². The molecule has 25 heavy (non-hydrogen) atoms. The number of para-hydroxylation sites is 1. The highest BCUT2D eigenvalue weighted by molar-refractivity contribution is 5.55. The number of aliphatic hydroxyl groups excluding tert-OH is 1. The molecule has 0 fully saturated rings. The molecule has 2 aromatic rings. The highest BCUT2D eigenvalue weighted by atomic mass is 19.4. The summed E-state index contributed by atoms with van der Waals surface area (Å²) in [6, 6.07) is 9.23. The Balaban J connectivity index is 1.99. The first-order valence-electron chi connectivity index (χ1n) is 7.48. The fraction of sp³-hybridized carbons (Fsp3) is 0.294. The summed E-state index contributed by atoms with van der Waals surface area (Å²) in [5, 5.41) is 11.3. The Hall–Kier alpha value is -2.48. The topological polar surface area (TPSA) is 50.7 Å². The molecule has 0 heterocycles. The summed E-state index contributed by atoms with van der Waals surface area (Å²) in [4.78, 5) is 0. The monoisotopic (exact) mass is 359 g/mol. The van der Waals surface area contributed by atoms with Crippen LogP contribution in [0.4, 0.5) is 23.2 Å². The van der Waals surface area contributed by atoms with Crippen LogP contribution in [0.3, 0.4) is 0 Å². The number of hydrogen-bond acceptors (Lipinski definition) is 4. The third-order valence-corrected chi connectivity index (χ3v) is 3.17. The predicted octanol–water partition coefficient (Wildman–Crippen LogP) is 3.71. The van der Waals surface area contributed by atoms with Gasteiger partial charge < -0.3 is 19.9 Å². The van der Waals surface area contributed by atoms with E-state index < -0.39 is 17.6 Å². The van der Waals surface area contributed by atoms with Gasteiger partial charge in [-0.2, -0.15) is 13.2 Å². The summed E-state index contributed by atoms with van der Waals surface area (Å²) in [5.41, 5.74) is -1.03. The molecule has 0 aliphatic heterocycles. The third kappa shape index (κ3) is 5.53. The number of aliphatic hydroxyl groups is 1. The van der Waals surface area contributed by atoms with Crippen LogP contribution in [0.25, 0.3) is 0 Å². The second-order valence-electron chi connectivity index (χ2n) is 4.98. The zero-order chi connectivity index (χ0) is 18.3. The fourth-order valence-electron chi connectivity index (χ4n) is 2.07. The molecule has 8 heteroatoms. The smallest absolute Gasteiger partial charge is 0.418 e. The minimum atomic E-state index is -4.58. The Kier molecular flexibility index (Phi) is 6.46. The molecule has 0 radical (unpaired) electrons. The molecule has 0 aliphatic carbocycles. The van der Waals surface area contributed by atoms with Crippen molar-refractivity contribution in [1.82, 2.24) is 0 Å². The van der Waals surface area contributed by atoms with Crippen LogP contribution in [0.15, 0.2) is 42.5 Å². The van der Waals surface area contributed by atoms with Crippen LogP contribution in [0, 0.1) is 5.82 Å². The van der Waals surface area contributed by atoms with Crippen molar-refractivity contribution in [3.05, 3.63) is 53.8 Å². The molecule has 0 aliphatic rings. The number of nitrogens with one attached hydrogen (secondary N) is 1. The number of alkyl halides is 3. The SMILES string of the molecule is OCCOc1ccc(NCCOc2ccccc2F)c(C(F)(F)F)c1. The van der Waals surface area contributed by atoms with Gasteiger partial charge in [0.25, 0.3) is 0 Å². The van der Waals surface area contributed by atoms with Crippen molar-refractivity contribution < 1.29 is 32.1 Å². The summed E-state index contributed by atoms with van der Waals surface area (Å²) in [6.45, 7) is -0.357. The van der Waals surface area contributed by atoms with Gasteiger partial charge in [0.2, 0.25) is 0 Å². The summed E-state index contributed by atoms with van der Waals surface area (Å²) in [7, 11) is 0. The second kappa shape index (κ2) is 8.57. The third-order valence-electron chi connectivity index (χ3n) is 3.17. The Morgan fingerprint density at radius 2 is 1.76 bits per heavy atom. The number of hydrogen-bond donors (Lipinski definition) is 2. The maximum atomic E-state index is 13.4. The normalized spacial score (nSPS) is 11.2. The Labute approximate surface area is 142 Å². The van der Waals surface area contributed by atoms with E-state index in [9.17, 15) is 17.6 Å². The van der Waals surface area contributed by atoms with Crippen molar-refractivity contribution in [1.29, 1.82) is 0 Å². The lowest BCUT2D eigenvalue weighted by molar-refractivity contribution is -0.137. The van der Waals surface area contributed by atoms with Crippen molar-refractivity contribution in [2.45, 2.75) is 6.18 Å². The van der Waals surface area contributed by atoms with Crippen molar-refractivity contribution in [2.24, 2.45) is 0 Å². The van der Waals surface area contributed by atoms with Gasteiger partial charge in [-0.15, -0.1) is 0 Å². The minimum absolute atomic E-state index is 0.00883. The second-order valence-corrected chi connectivity index (χ2v) is 4.98. The molecule has 2 rings (SSSR count). The van der Waals surface area contributed by atoms with Gasteiger partial charge in [0.15, 0.2) is 11.6 Å². The van der Waals surface area contributed by atoms with E-state index in [0.29, 0.717) is 0 Å². The van der Waals surface area contributed by atoms with E-state index in [4.69, 9.17) is 14.6 Å². The van der Waals surface area contributed by atoms with Crippen molar-refractivity contribution in [2.75, 3.05) is 31.7 Å². The summed E-state index contributed by atoms with van der Waals surface area (Å²) < 4.78 is 63.0. The Morgan fingerprint density at radius 3 is 2.44 bits per heavy atom. The molecule has 2 N–H and O–H groups in total. The lowest BCUT2D eigenvalue weighted by Gasteiger charge is -2.16. The van der Waals surface area contributed by atoms with Crippen LogP contribution in [0.2, 0.25) is 0 Å². The zero-order valence-electron chi connectivity index (χ0n) is 13.1. The van der Waals surface area contributed by atoms with E-state index in [1.807, 2.05) is 0 Å². The molecule has 0 saturated carbocycles. The van der Waals surface area contributed by atoms with E-state index in [1.165, 1.54) is 30.3 Å². The van der Waals surface area contributed by atoms with Crippen LogP contribution in [-0.4, -0.2) is 31.5 Å². The molecule has 0 atom stereocenters. The Bertz CT molecular complexity index is 692. The molecule has 0 unspecified atom stereocenters. The first-order chi connectivity index (χ1) is 11.9. The van der Waals surface area contributed by atoms with Gasteiger partial charge in [0, 0.05) is 12.2 Å². The molecule has 0 bridgehead atoms. The van der Waals surface area contributed by atoms with Gasteiger partial charge in [-0.1, -0.05) is 12.1 Å². The molecule has 0 spiro atoms. The summed E-state index contributed by atoms with van der Waals surface area (Å²) in [6.07, 6.45) is -4.58. The summed E-state index contributed by atoms with van der Waals surface area (Å²) >= 11 is 0. The average molecular weight is 359 g/mol. The number of halogens is 4. The van der Waals surface area contributed by atoms with Gasteiger partial charge in [0.1, 0.15) is 19.0 Å². The van der Waals surface area contributed by atoms with Crippen molar-refractivity contribution in [3.8, 4) is 11.5 Å². The Morgan fingerprint density at radius 1 is 1.00 bits per heavy atom. The highest BCUT2D eigenvalue weighted by Gasteiger charge is 2.34. The minimum Gasteiger partial charge on any atom is -0.491 e. The maximum Gasteiger partial charge on any atom is 0.418 e. The van der Waals surface area contributed by atoms with Crippen LogP contribution < -0.4 is 14.8 Å². The van der Waals surface area contributed by atoms with Crippen LogP contribution in [0.1, 0.15) is 5.56 Å². The molecule has 4 nitrogen and oxygen atoms in total. The van der Waals surface area contributed by atoms with Crippen LogP contribution in [-0.2, 0) is 6.18 Å². The first-order valence-corrected chi connectivity index (χ1v) is 7.48. The molecule has 0 saturated heterocycles. The molecule has 0 amide bonds. The standard InChI is InChI=1S/C17H17F4NO3/c18-14-3-1-2-4-16(14)25-9-7-22-15-6-5-12(24-10-8-23)11-13(15)17(19,20)21/h1-6,11,22-23H,7-10H2. The predicted molar refractivity (Wildman–Crippen MR) is 84.4 cm³/mol. The molecule has 2 aromatic carbocycles. The van der Waals surface area contributed by atoms with E-state index >= 15 is 0 Å². The summed E-state index contributed by atoms with van der Waals surface area (Å²) in [5.74, 6) is -0.494. The van der Waals surface area contributed by atoms with Gasteiger partial charge >= 0.3 is 6.18 Å². The van der Waals surface area contributed by atoms with Gasteiger partial charge in [0.05, 0.1) is 12.2 Å². The quantitative estimate of drug-likeness (QED) is 0.557. The maximum absolute atomic E-state index is 13.4. The number of benzene rings is 2. The molecule has 0 aromatic heterocycles. The number of rotatable bonds is 8. The zero-order valence-corrected chi connectivity index (χ0v) is 13.1. The highest BCUT2D eigenvalue weighted by Crippen LogP contribution is 2.37. The lowest BCUT2D eigenvalue weighted by atomic mass is 10.1. The van der Waals surface area contributed by atoms with Crippen molar-refractivity contribution >= 4 is 5.69 Å². The van der Waals surface area contributed by atoms with E-state index in [1.54, 1.807) is 6.07 Å². The van der Waals surface area contributed by atoms with Gasteiger partial charge in [-0.05, 0) is 30.3 Å². The molecular weight excluding hydrogens is 342 g/mol. The average Bonchev–Trinajstić information content (AvgIpc) is 2.58. The largest absolute Gasteiger partial charge is 0.491 e. The number of ether oxygens (including phenoxy) is 2. The van der Waals surface area contributed by atoms with Gasteiger partial charge in [-0.25, -0.2) is 4.39 Å². The van der Waals surface area contributed by atoms with Crippen LogP contribution in [0.5, 0.6) is 11.5 Å². The first kappa shape index (κ1) is 18.9. The molecular formula is C17H17F4NO3. The van der Waals surface area contributed by atoms with Crippen molar-refractivity contribution in [3.63, 3.8) is 0 Å². The van der Waals surface area contributed by atoms with Crippen LogP contribution >= 0.6 is 0 Å².